The van der Waals surface area contributed by atoms with E-state index in [-0.39, 0.29) is 11.7 Å². The molecule has 3 rings (SSSR count). The Kier molecular flexibility index (Phi) is 1.69. The number of hydrogen-bond acceptors (Lipinski definition) is 2. The van der Waals surface area contributed by atoms with Crippen LogP contribution >= 0.6 is 0 Å². The van der Waals surface area contributed by atoms with Crippen LogP contribution in [0.2, 0.25) is 0 Å². The van der Waals surface area contributed by atoms with Crippen LogP contribution in [0.5, 0.6) is 0 Å². The summed E-state index contributed by atoms with van der Waals surface area (Å²) in [6.07, 6.45) is 2.90. The monoisotopic (exact) mass is 201 g/mol. The quantitative estimate of drug-likeness (QED) is 0.694. The Morgan fingerprint density at radius 3 is 2.73 bits per heavy atom. The summed E-state index contributed by atoms with van der Waals surface area (Å²) in [6.45, 7) is 0. The molecule has 0 saturated carbocycles. The number of aryl methyl sites for hydroxylation is 1. The molecule has 0 spiro atoms. The molecule has 0 fully saturated rings. The molecule has 0 aromatic heterocycles. The van der Waals surface area contributed by atoms with Crippen molar-refractivity contribution in [3.05, 3.63) is 28.8 Å². The van der Waals surface area contributed by atoms with Crippen LogP contribution in [0.25, 0.3) is 0 Å². The third kappa shape index (κ3) is 1.19. The smallest absolute Gasteiger partial charge is 0.228 e. The Balaban J connectivity index is 2.23. The highest BCUT2D eigenvalue weighted by Crippen LogP contribution is 2.34. The standard InChI is InChI=1S/C12H11NO2/c14-9-3-1-2-7-4-5-8-6-10(15)13-12(8)11(7)9/h4-5H,1-3,6H2,(H,13,15). The molecule has 1 aliphatic carbocycles. The van der Waals surface area contributed by atoms with Gasteiger partial charge in [0, 0.05) is 12.0 Å². The summed E-state index contributed by atoms with van der Waals surface area (Å²) < 4.78 is 0. The number of anilines is 1. The average Bonchev–Trinajstić information content (AvgIpc) is 2.58. The minimum atomic E-state index is -0.00299. The van der Waals surface area contributed by atoms with Gasteiger partial charge in [-0.05, 0) is 24.0 Å². The number of benzene rings is 1. The van der Waals surface area contributed by atoms with Gasteiger partial charge in [0.05, 0.1) is 12.1 Å². The fraction of sp³-hybridized carbons (Fsp3) is 0.333. The Bertz CT molecular complexity index is 477. The SMILES string of the molecule is O=C1Cc2ccc3c(c2N1)C(=O)CCC3. The molecular formula is C12H11NO2. The lowest BCUT2D eigenvalue weighted by atomic mass is 9.88. The molecule has 1 amide bonds. The summed E-state index contributed by atoms with van der Waals surface area (Å²) in [5, 5.41) is 2.80. The minimum Gasteiger partial charge on any atom is -0.325 e. The fourth-order valence-corrected chi connectivity index (χ4v) is 2.43. The first-order valence-electron chi connectivity index (χ1n) is 5.23. The van der Waals surface area contributed by atoms with Crippen molar-refractivity contribution in [1.82, 2.24) is 0 Å². The van der Waals surface area contributed by atoms with Crippen LogP contribution in [-0.2, 0) is 17.6 Å². The Labute approximate surface area is 87.5 Å². The molecule has 1 heterocycles. The van der Waals surface area contributed by atoms with E-state index in [4.69, 9.17) is 0 Å². The molecule has 0 saturated heterocycles. The van der Waals surface area contributed by atoms with E-state index in [9.17, 15) is 9.59 Å². The summed E-state index contributed by atoms with van der Waals surface area (Å²) >= 11 is 0. The number of carbonyl (C=O) groups is 2. The number of nitrogens with one attached hydrogen (secondary N) is 1. The van der Waals surface area contributed by atoms with Gasteiger partial charge in [-0.2, -0.15) is 0 Å². The highest BCUT2D eigenvalue weighted by Gasteiger charge is 2.27. The molecule has 15 heavy (non-hydrogen) atoms. The Hall–Kier alpha value is -1.64. The van der Waals surface area contributed by atoms with Gasteiger partial charge in [0.25, 0.3) is 0 Å². The maximum Gasteiger partial charge on any atom is 0.228 e. The lowest BCUT2D eigenvalue weighted by Crippen LogP contribution is -2.14. The zero-order chi connectivity index (χ0) is 10.4. The molecule has 0 unspecified atom stereocenters. The third-order valence-electron chi connectivity index (χ3n) is 3.12. The van der Waals surface area contributed by atoms with Gasteiger partial charge in [0.1, 0.15) is 0 Å². The van der Waals surface area contributed by atoms with Crippen LogP contribution in [0.3, 0.4) is 0 Å². The first-order valence-corrected chi connectivity index (χ1v) is 5.23. The van der Waals surface area contributed by atoms with Crippen molar-refractivity contribution in [1.29, 1.82) is 0 Å². The summed E-state index contributed by atoms with van der Waals surface area (Å²) in [4.78, 5) is 23.1. The van der Waals surface area contributed by atoms with Crippen molar-refractivity contribution in [2.45, 2.75) is 25.7 Å². The van der Waals surface area contributed by atoms with E-state index >= 15 is 0 Å². The number of carbonyl (C=O) groups excluding carboxylic acids is 2. The Morgan fingerprint density at radius 2 is 1.87 bits per heavy atom. The van der Waals surface area contributed by atoms with E-state index in [1.165, 1.54) is 0 Å². The first kappa shape index (κ1) is 8.65. The van der Waals surface area contributed by atoms with Crippen LogP contribution in [0.1, 0.15) is 34.3 Å². The zero-order valence-corrected chi connectivity index (χ0v) is 8.30. The van der Waals surface area contributed by atoms with E-state index in [2.05, 4.69) is 5.32 Å². The molecule has 0 atom stereocenters. The van der Waals surface area contributed by atoms with E-state index in [0.717, 1.165) is 35.2 Å². The molecule has 1 aromatic rings. The molecule has 3 nitrogen and oxygen atoms in total. The van der Waals surface area contributed by atoms with Gasteiger partial charge in [0.2, 0.25) is 5.91 Å². The van der Waals surface area contributed by atoms with Crippen LogP contribution in [0, 0.1) is 0 Å². The topological polar surface area (TPSA) is 46.2 Å². The second-order valence-electron chi connectivity index (χ2n) is 4.14. The highest BCUT2D eigenvalue weighted by molar-refractivity contribution is 6.10. The zero-order valence-electron chi connectivity index (χ0n) is 8.30. The summed E-state index contributed by atoms with van der Waals surface area (Å²) in [6, 6.07) is 3.95. The fourth-order valence-electron chi connectivity index (χ4n) is 2.43. The van der Waals surface area contributed by atoms with Crippen molar-refractivity contribution >= 4 is 17.4 Å². The van der Waals surface area contributed by atoms with Gasteiger partial charge in [-0.1, -0.05) is 12.1 Å². The van der Waals surface area contributed by atoms with Crippen molar-refractivity contribution in [3.8, 4) is 0 Å². The van der Waals surface area contributed by atoms with Crippen LogP contribution in [-0.4, -0.2) is 11.7 Å². The van der Waals surface area contributed by atoms with Gasteiger partial charge in [0.15, 0.2) is 5.78 Å². The third-order valence-corrected chi connectivity index (χ3v) is 3.12. The van der Waals surface area contributed by atoms with Gasteiger partial charge in [-0.25, -0.2) is 0 Å². The predicted molar refractivity (Wildman–Crippen MR) is 56.0 cm³/mol. The number of amides is 1. The largest absolute Gasteiger partial charge is 0.325 e. The molecule has 3 heteroatoms. The van der Waals surface area contributed by atoms with Crippen LogP contribution < -0.4 is 5.32 Å². The number of fused-ring (bicyclic) bond motifs is 3. The number of hydrogen-bond donors (Lipinski definition) is 1. The highest BCUT2D eigenvalue weighted by atomic mass is 16.2. The molecular weight excluding hydrogens is 190 g/mol. The van der Waals surface area contributed by atoms with E-state index in [0.29, 0.717) is 12.8 Å². The number of ketones is 1. The second-order valence-corrected chi connectivity index (χ2v) is 4.14. The second kappa shape index (κ2) is 2.92. The first-order chi connectivity index (χ1) is 7.25. The predicted octanol–water partition coefficient (Wildman–Crippen LogP) is 1.70. The molecule has 76 valence electrons. The van der Waals surface area contributed by atoms with E-state index in [1.807, 2.05) is 12.1 Å². The molecule has 1 N–H and O–H groups in total. The maximum atomic E-state index is 11.8. The minimum absolute atomic E-state index is 0.00299. The number of Topliss-reactive ketones (excluding diaryl/α,β-unsaturated/α-hetero) is 1. The normalized spacial score (nSPS) is 18.4. The molecule has 1 aliphatic heterocycles. The van der Waals surface area contributed by atoms with Gasteiger partial charge in [-0.3, -0.25) is 9.59 Å². The molecule has 0 bridgehead atoms. The van der Waals surface area contributed by atoms with Crippen molar-refractivity contribution in [2.24, 2.45) is 0 Å². The van der Waals surface area contributed by atoms with Crippen molar-refractivity contribution in [3.63, 3.8) is 0 Å². The van der Waals surface area contributed by atoms with Crippen LogP contribution in [0.15, 0.2) is 12.1 Å². The lowest BCUT2D eigenvalue weighted by Gasteiger charge is -2.17. The molecule has 0 radical (unpaired) electrons. The lowest BCUT2D eigenvalue weighted by molar-refractivity contribution is -0.115. The number of rotatable bonds is 0. The van der Waals surface area contributed by atoms with Gasteiger partial charge in [-0.15, -0.1) is 0 Å². The van der Waals surface area contributed by atoms with E-state index in [1.54, 1.807) is 0 Å². The van der Waals surface area contributed by atoms with E-state index < -0.39 is 0 Å². The van der Waals surface area contributed by atoms with Gasteiger partial charge < -0.3 is 5.32 Å². The Morgan fingerprint density at radius 1 is 1.07 bits per heavy atom. The van der Waals surface area contributed by atoms with Crippen LogP contribution in [0.4, 0.5) is 5.69 Å². The van der Waals surface area contributed by atoms with Crippen molar-refractivity contribution in [2.75, 3.05) is 5.32 Å². The maximum absolute atomic E-state index is 11.8. The van der Waals surface area contributed by atoms with Gasteiger partial charge >= 0.3 is 0 Å². The summed E-state index contributed by atoms with van der Waals surface area (Å²) in [5.74, 6) is 0.173. The summed E-state index contributed by atoms with van der Waals surface area (Å²) in [7, 11) is 0. The summed E-state index contributed by atoms with van der Waals surface area (Å²) in [5.41, 5.74) is 3.60. The molecule has 1 aromatic carbocycles. The molecule has 2 aliphatic rings. The average molecular weight is 201 g/mol. The van der Waals surface area contributed by atoms with Crippen molar-refractivity contribution < 1.29 is 9.59 Å².